The predicted molar refractivity (Wildman–Crippen MR) is 78.7 cm³/mol. The zero-order chi connectivity index (χ0) is 13.4. The Bertz CT molecular complexity index is 771. The molecular formula is C16H16N2O. The normalized spacial score (nSPS) is 11.1. The van der Waals surface area contributed by atoms with E-state index in [1.165, 1.54) is 16.3 Å². The fourth-order valence-electron chi connectivity index (χ4n) is 2.65. The first-order chi connectivity index (χ1) is 9.26. The summed E-state index contributed by atoms with van der Waals surface area (Å²) < 4.78 is 7.57. The van der Waals surface area contributed by atoms with E-state index < -0.39 is 0 Å². The number of ether oxygens (including phenoxy) is 1. The Morgan fingerprint density at radius 1 is 1.32 bits per heavy atom. The molecule has 19 heavy (non-hydrogen) atoms. The second kappa shape index (κ2) is 4.43. The maximum absolute atomic E-state index is 5.33. The summed E-state index contributed by atoms with van der Waals surface area (Å²) in [6, 6.07) is 8.24. The van der Waals surface area contributed by atoms with E-state index >= 15 is 0 Å². The van der Waals surface area contributed by atoms with Crippen LogP contribution in [0.15, 0.2) is 43.1 Å². The fraction of sp³-hybridized carbons (Fsp3) is 0.188. The number of aryl methyl sites for hydroxylation is 1. The maximum atomic E-state index is 5.33. The van der Waals surface area contributed by atoms with E-state index in [0.717, 1.165) is 23.5 Å². The Balaban J connectivity index is 2.50. The highest BCUT2D eigenvalue weighted by Crippen LogP contribution is 2.32. The van der Waals surface area contributed by atoms with Gasteiger partial charge in [0.15, 0.2) is 0 Å². The van der Waals surface area contributed by atoms with Gasteiger partial charge in [0.05, 0.1) is 23.8 Å². The van der Waals surface area contributed by atoms with Crippen molar-refractivity contribution in [1.82, 2.24) is 9.55 Å². The smallest absolute Gasteiger partial charge is 0.120 e. The zero-order valence-corrected chi connectivity index (χ0v) is 11.2. The third-order valence-electron chi connectivity index (χ3n) is 3.47. The van der Waals surface area contributed by atoms with Crippen molar-refractivity contribution in [3.05, 3.63) is 48.8 Å². The van der Waals surface area contributed by atoms with E-state index in [1.54, 1.807) is 7.11 Å². The Morgan fingerprint density at radius 3 is 2.89 bits per heavy atom. The van der Waals surface area contributed by atoms with E-state index in [4.69, 9.17) is 4.74 Å². The van der Waals surface area contributed by atoms with Gasteiger partial charge in [0.1, 0.15) is 5.75 Å². The number of rotatable bonds is 3. The number of methoxy groups -OCH3 is 1. The number of pyridine rings is 1. The number of fused-ring (bicyclic) bond motifs is 3. The highest BCUT2D eigenvalue weighted by molar-refractivity contribution is 6.09. The molecule has 0 unspecified atom stereocenters. The van der Waals surface area contributed by atoms with Gasteiger partial charge in [0.2, 0.25) is 0 Å². The van der Waals surface area contributed by atoms with Crippen LogP contribution in [0.5, 0.6) is 5.75 Å². The minimum Gasteiger partial charge on any atom is -0.497 e. The molecule has 0 saturated carbocycles. The van der Waals surface area contributed by atoms with Crippen LogP contribution < -0.4 is 4.74 Å². The lowest BCUT2D eigenvalue weighted by atomic mass is 10.1. The lowest BCUT2D eigenvalue weighted by Crippen LogP contribution is -1.97. The van der Waals surface area contributed by atoms with Crippen LogP contribution in [-0.2, 0) is 6.54 Å². The molecule has 96 valence electrons. The number of benzene rings is 1. The summed E-state index contributed by atoms with van der Waals surface area (Å²) in [5.41, 5.74) is 3.37. The van der Waals surface area contributed by atoms with Gasteiger partial charge in [-0.25, -0.2) is 0 Å². The Labute approximate surface area is 112 Å². The molecule has 0 spiro atoms. The summed E-state index contributed by atoms with van der Waals surface area (Å²) in [5, 5.41) is 2.45. The molecule has 0 atom stereocenters. The third-order valence-corrected chi connectivity index (χ3v) is 3.47. The molecule has 2 aromatic heterocycles. The first kappa shape index (κ1) is 11.8. The molecule has 0 amide bonds. The maximum Gasteiger partial charge on any atom is 0.120 e. The van der Waals surface area contributed by atoms with Gasteiger partial charge >= 0.3 is 0 Å². The molecule has 0 saturated heterocycles. The molecule has 0 radical (unpaired) electrons. The molecular weight excluding hydrogens is 236 g/mol. The van der Waals surface area contributed by atoms with Gasteiger partial charge in [-0.05, 0) is 25.1 Å². The molecule has 0 aliphatic heterocycles. The van der Waals surface area contributed by atoms with E-state index in [1.807, 2.05) is 25.3 Å². The van der Waals surface area contributed by atoms with E-state index in [0.29, 0.717) is 0 Å². The van der Waals surface area contributed by atoms with Crippen molar-refractivity contribution in [3.8, 4) is 5.75 Å². The first-order valence-corrected chi connectivity index (χ1v) is 6.28. The summed E-state index contributed by atoms with van der Waals surface area (Å²) in [5.74, 6) is 0.867. The average Bonchev–Trinajstić information content (AvgIpc) is 2.74. The molecule has 0 aliphatic carbocycles. The molecule has 3 rings (SSSR count). The minimum atomic E-state index is 0.764. The third kappa shape index (κ3) is 1.70. The van der Waals surface area contributed by atoms with Crippen molar-refractivity contribution in [2.75, 3.05) is 7.11 Å². The van der Waals surface area contributed by atoms with E-state index in [9.17, 15) is 0 Å². The SMILES string of the molecule is C=CCn1c2cc(OC)ccc2c2ccnc(C)c21. The molecule has 3 aromatic rings. The van der Waals surface area contributed by atoms with Gasteiger partial charge < -0.3 is 9.30 Å². The number of hydrogen-bond donors (Lipinski definition) is 0. The monoisotopic (exact) mass is 252 g/mol. The lowest BCUT2D eigenvalue weighted by Gasteiger charge is -2.06. The van der Waals surface area contributed by atoms with Crippen LogP contribution in [0.2, 0.25) is 0 Å². The van der Waals surface area contributed by atoms with Crippen LogP contribution in [-0.4, -0.2) is 16.7 Å². The lowest BCUT2D eigenvalue weighted by molar-refractivity contribution is 0.415. The Kier molecular flexibility index (Phi) is 2.75. The van der Waals surface area contributed by atoms with Crippen LogP contribution in [0, 0.1) is 6.92 Å². The highest BCUT2D eigenvalue weighted by atomic mass is 16.5. The molecule has 3 nitrogen and oxygen atoms in total. The summed E-state index contributed by atoms with van der Waals surface area (Å²) in [6.07, 6.45) is 3.77. The summed E-state index contributed by atoms with van der Waals surface area (Å²) in [4.78, 5) is 4.40. The van der Waals surface area contributed by atoms with Crippen LogP contribution in [0.4, 0.5) is 0 Å². The molecule has 1 aromatic carbocycles. The van der Waals surface area contributed by atoms with Gasteiger partial charge in [0.25, 0.3) is 0 Å². The predicted octanol–water partition coefficient (Wildman–Crippen LogP) is 3.69. The summed E-state index contributed by atoms with van der Waals surface area (Å²) in [7, 11) is 1.69. The number of aromatic nitrogens is 2. The highest BCUT2D eigenvalue weighted by Gasteiger charge is 2.12. The van der Waals surface area contributed by atoms with Gasteiger partial charge in [-0.3, -0.25) is 4.98 Å². The van der Waals surface area contributed by atoms with Gasteiger partial charge in [0, 0.05) is 29.6 Å². The van der Waals surface area contributed by atoms with Gasteiger partial charge in [-0.1, -0.05) is 6.08 Å². The number of allylic oxidation sites excluding steroid dienone is 1. The average molecular weight is 252 g/mol. The fourth-order valence-corrected chi connectivity index (χ4v) is 2.65. The van der Waals surface area contributed by atoms with Crippen LogP contribution >= 0.6 is 0 Å². The second-order valence-electron chi connectivity index (χ2n) is 4.57. The largest absolute Gasteiger partial charge is 0.497 e. The zero-order valence-electron chi connectivity index (χ0n) is 11.2. The van der Waals surface area contributed by atoms with Crippen molar-refractivity contribution in [1.29, 1.82) is 0 Å². The van der Waals surface area contributed by atoms with E-state index in [-0.39, 0.29) is 0 Å². The van der Waals surface area contributed by atoms with Crippen LogP contribution in [0.1, 0.15) is 5.69 Å². The number of nitrogens with zero attached hydrogens (tertiary/aromatic N) is 2. The van der Waals surface area contributed by atoms with Crippen molar-refractivity contribution >= 4 is 21.8 Å². The van der Waals surface area contributed by atoms with E-state index in [2.05, 4.69) is 34.3 Å². The van der Waals surface area contributed by atoms with Crippen molar-refractivity contribution in [2.24, 2.45) is 0 Å². The molecule has 0 fully saturated rings. The molecule has 2 heterocycles. The van der Waals surface area contributed by atoms with Crippen LogP contribution in [0.3, 0.4) is 0 Å². The Morgan fingerprint density at radius 2 is 2.16 bits per heavy atom. The summed E-state index contributed by atoms with van der Waals surface area (Å²) >= 11 is 0. The minimum absolute atomic E-state index is 0.764. The molecule has 0 bridgehead atoms. The summed E-state index contributed by atoms with van der Waals surface area (Å²) in [6.45, 7) is 6.65. The Hall–Kier alpha value is -2.29. The first-order valence-electron chi connectivity index (χ1n) is 6.28. The molecule has 0 aliphatic rings. The van der Waals surface area contributed by atoms with Gasteiger partial charge in [-0.15, -0.1) is 6.58 Å². The van der Waals surface area contributed by atoms with Crippen molar-refractivity contribution in [3.63, 3.8) is 0 Å². The van der Waals surface area contributed by atoms with Crippen LogP contribution in [0.25, 0.3) is 21.8 Å². The standard InChI is InChI=1S/C16H16N2O/c1-4-9-18-15-10-12(19-3)5-6-13(15)14-7-8-17-11(2)16(14)18/h4-8,10H,1,9H2,2-3H3. The quantitative estimate of drug-likeness (QED) is 0.665. The number of hydrogen-bond acceptors (Lipinski definition) is 2. The van der Waals surface area contributed by atoms with Crippen molar-refractivity contribution in [2.45, 2.75) is 13.5 Å². The van der Waals surface area contributed by atoms with Gasteiger partial charge in [-0.2, -0.15) is 0 Å². The van der Waals surface area contributed by atoms with Crippen molar-refractivity contribution < 1.29 is 4.74 Å². The second-order valence-corrected chi connectivity index (χ2v) is 4.57. The molecule has 0 N–H and O–H groups in total. The molecule has 3 heteroatoms. The topological polar surface area (TPSA) is 27.1 Å².